The Morgan fingerprint density at radius 1 is 1.05 bits per heavy atom. The van der Waals surface area contributed by atoms with E-state index in [-0.39, 0.29) is 24.1 Å². The minimum atomic E-state index is -0.541. The quantitative estimate of drug-likeness (QED) is 0.282. The van der Waals surface area contributed by atoms with E-state index < -0.39 is 5.97 Å². The molecule has 5 rings (SSSR count). The Labute approximate surface area is 228 Å². The minimum absolute atomic E-state index is 0.183. The Kier molecular flexibility index (Phi) is 8.22. The number of nitrogens with zero attached hydrogens (tertiary/aromatic N) is 2. The molecule has 1 atom stereocenters. The molecule has 1 aliphatic rings. The molecular formula is C31H34N4O4. The van der Waals surface area contributed by atoms with Crippen LogP contribution in [0.3, 0.4) is 0 Å². The lowest BCUT2D eigenvalue weighted by atomic mass is 9.88. The van der Waals surface area contributed by atoms with Gasteiger partial charge < -0.3 is 24.7 Å². The maximum absolute atomic E-state index is 13.1. The van der Waals surface area contributed by atoms with Crippen LogP contribution in [-0.2, 0) is 40.1 Å². The fourth-order valence-corrected chi connectivity index (χ4v) is 5.30. The van der Waals surface area contributed by atoms with Gasteiger partial charge >= 0.3 is 5.97 Å². The van der Waals surface area contributed by atoms with Gasteiger partial charge in [0.25, 0.3) is 0 Å². The van der Waals surface area contributed by atoms with E-state index in [2.05, 4.69) is 34.9 Å². The van der Waals surface area contributed by atoms with Gasteiger partial charge in [-0.05, 0) is 48.4 Å². The highest BCUT2D eigenvalue weighted by atomic mass is 16.5. The number of benzene rings is 2. The fourth-order valence-electron chi connectivity index (χ4n) is 5.30. The van der Waals surface area contributed by atoms with Crippen LogP contribution in [0.15, 0.2) is 66.9 Å². The largest absolute Gasteiger partial charge is 0.464 e. The summed E-state index contributed by atoms with van der Waals surface area (Å²) in [7, 11) is 2.94. The SMILES string of the molecule is COCCn1c(C(=O)OC)c(NC(=O)CCc2ccccc2)c2cc(N[C@H]3CCc4ccccc4C3)cnc21. The minimum Gasteiger partial charge on any atom is -0.464 e. The zero-order chi connectivity index (χ0) is 27.2. The molecule has 2 aromatic carbocycles. The van der Waals surface area contributed by atoms with Crippen LogP contribution in [0.4, 0.5) is 11.4 Å². The summed E-state index contributed by atoms with van der Waals surface area (Å²) in [4.78, 5) is 30.8. The van der Waals surface area contributed by atoms with Gasteiger partial charge in [-0.1, -0.05) is 54.6 Å². The van der Waals surface area contributed by atoms with Gasteiger partial charge in [0.05, 0.1) is 31.3 Å². The predicted molar refractivity (Wildman–Crippen MR) is 152 cm³/mol. The third kappa shape index (κ3) is 5.96. The van der Waals surface area contributed by atoms with Gasteiger partial charge in [-0.25, -0.2) is 9.78 Å². The third-order valence-corrected chi connectivity index (χ3v) is 7.26. The number of hydrogen-bond donors (Lipinski definition) is 2. The molecule has 0 bridgehead atoms. The van der Waals surface area contributed by atoms with Crippen LogP contribution >= 0.6 is 0 Å². The molecule has 0 unspecified atom stereocenters. The normalized spacial score (nSPS) is 14.6. The highest BCUT2D eigenvalue weighted by Gasteiger charge is 2.27. The van der Waals surface area contributed by atoms with Crippen LogP contribution < -0.4 is 10.6 Å². The summed E-state index contributed by atoms with van der Waals surface area (Å²) in [6.45, 7) is 0.759. The average molecular weight is 527 g/mol. The number of nitrogens with one attached hydrogen (secondary N) is 2. The Hall–Kier alpha value is -4.17. The first-order valence-corrected chi connectivity index (χ1v) is 13.3. The molecule has 0 aliphatic heterocycles. The summed E-state index contributed by atoms with van der Waals surface area (Å²) in [5, 5.41) is 7.32. The van der Waals surface area contributed by atoms with Crippen LogP contribution in [0.1, 0.15) is 40.0 Å². The highest BCUT2D eigenvalue weighted by Crippen LogP contribution is 2.33. The molecular weight excluding hydrogens is 492 g/mol. The van der Waals surface area contributed by atoms with Crippen molar-refractivity contribution < 1.29 is 19.1 Å². The lowest BCUT2D eigenvalue weighted by Crippen LogP contribution is -2.27. The number of hydrogen-bond acceptors (Lipinski definition) is 6. The summed E-state index contributed by atoms with van der Waals surface area (Å²) in [5.74, 6) is -0.724. The second-order valence-corrected chi connectivity index (χ2v) is 9.84. The summed E-state index contributed by atoms with van der Waals surface area (Å²) >= 11 is 0. The van der Waals surface area contributed by atoms with Gasteiger partial charge in [-0.15, -0.1) is 0 Å². The van der Waals surface area contributed by atoms with Gasteiger partial charge in [-0.3, -0.25) is 4.79 Å². The highest BCUT2D eigenvalue weighted by molar-refractivity contribution is 6.11. The zero-order valence-corrected chi connectivity index (χ0v) is 22.4. The van der Waals surface area contributed by atoms with Crippen LogP contribution in [0.2, 0.25) is 0 Å². The molecule has 2 aromatic heterocycles. The molecule has 8 heteroatoms. The van der Waals surface area contributed by atoms with Crippen LogP contribution in [0.25, 0.3) is 11.0 Å². The lowest BCUT2D eigenvalue weighted by molar-refractivity contribution is -0.116. The van der Waals surface area contributed by atoms with Crippen molar-refractivity contribution in [3.05, 3.63) is 89.2 Å². The Balaban J connectivity index is 1.46. The second kappa shape index (κ2) is 12.1. The Bertz CT molecular complexity index is 1460. The number of rotatable bonds is 10. The lowest BCUT2D eigenvalue weighted by Gasteiger charge is -2.26. The predicted octanol–water partition coefficient (Wildman–Crippen LogP) is 5.01. The first kappa shape index (κ1) is 26.4. The van der Waals surface area contributed by atoms with Crippen LogP contribution in [0, 0.1) is 0 Å². The van der Waals surface area contributed by atoms with E-state index in [1.165, 1.54) is 18.2 Å². The molecule has 0 spiro atoms. The van der Waals surface area contributed by atoms with Crippen molar-refractivity contribution in [3.8, 4) is 0 Å². The number of methoxy groups -OCH3 is 2. The number of fused-ring (bicyclic) bond motifs is 2. The molecule has 39 heavy (non-hydrogen) atoms. The van der Waals surface area contributed by atoms with Crippen molar-refractivity contribution in [1.29, 1.82) is 0 Å². The molecule has 1 amide bonds. The first-order valence-electron chi connectivity index (χ1n) is 13.3. The Morgan fingerprint density at radius 2 is 1.82 bits per heavy atom. The molecule has 0 saturated carbocycles. The molecule has 202 valence electrons. The first-order chi connectivity index (χ1) is 19.1. The number of pyridine rings is 1. The number of carbonyl (C=O) groups excluding carboxylic acids is 2. The Morgan fingerprint density at radius 3 is 2.59 bits per heavy atom. The van der Waals surface area contributed by atoms with Gasteiger partial charge in [-0.2, -0.15) is 0 Å². The molecule has 0 saturated heterocycles. The van der Waals surface area contributed by atoms with Crippen molar-refractivity contribution in [1.82, 2.24) is 9.55 Å². The third-order valence-electron chi connectivity index (χ3n) is 7.26. The monoisotopic (exact) mass is 526 g/mol. The number of aromatic nitrogens is 2. The van der Waals surface area contributed by atoms with Crippen molar-refractivity contribution in [2.45, 2.75) is 44.7 Å². The zero-order valence-electron chi connectivity index (χ0n) is 22.4. The van der Waals surface area contributed by atoms with Crippen molar-refractivity contribution in [2.24, 2.45) is 0 Å². The number of esters is 1. The fraction of sp³-hybridized carbons (Fsp3) is 0.323. The van der Waals surface area contributed by atoms with E-state index in [9.17, 15) is 9.59 Å². The van der Waals surface area contributed by atoms with Gasteiger partial charge in [0.15, 0.2) is 5.69 Å². The van der Waals surface area contributed by atoms with E-state index in [0.717, 1.165) is 30.5 Å². The van der Waals surface area contributed by atoms with Gasteiger partial charge in [0, 0.05) is 31.5 Å². The van der Waals surface area contributed by atoms with Crippen molar-refractivity contribution in [3.63, 3.8) is 0 Å². The molecule has 1 aliphatic carbocycles. The number of amides is 1. The number of ether oxygens (including phenoxy) is 2. The van der Waals surface area contributed by atoms with E-state index in [1.54, 1.807) is 17.9 Å². The summed E-state index contributed by atoms with van der Waals surface area (Å²) < 4.78 is 12.2. The summed E-state index contributed by atoms with van der Waals surface area (Å²) in [6.07, 6.45) is 5.62. The molecule has 2 N–H and O–H groups in total. The molecule has 4 aromatic rings. The summed E-state index contributed by atoms with van der Waals surface area (Å²) in [6, 6.07) is 20.6. The van der Waals surface area contributed by atoms with E-state index in [1.807, 2.05) is 36.4 Å². The van der Waals surface area contributed by atoms with Gasteiger partial charge in [0.2, 0.25) is 5.91 Å². The summed E-state index contributed by atoms with van der Waals surface area (Å²) in [5.41, 5.74) is 5.94. The number of aryl methyl sites for hydroxylation is 2. The van der Waals surface area contributed by atoms with Gasteiger partial charge in [0.1, 0.15) is 5.65 Å². The van der Waals surface area contributed by atoms with E-state index in [4.69, 9.17) is 14.5 Å². The standard InChI is InChI=1S/C31H34N4O4/c1-38-17-16-35-29(31(37)39-2)28(34-27(36)15-12-21-8-4-3-5-9-21)26-19-25(20-32-30(26)35)33-24-14-13-22-10-6-7-11-23(22)18-24/h3-11,19-20,24,33H,12-18H2,1-2H3,(H,34,36)/t24-/m0/s1. The molecule has 0 radical (unpaired) electrons. The van der Waals surface area contributed by atoms with E-state index >= 15 is 0 Å². The van der Waals surface area contributed by atoms with E-state index in [0.29, 0.717) is 36.3 Å². The molecule has 8 nitrogen and oxygen atoms in total. The average Bonchev–Trinajstić information content (AvgIpc) is 3.27. The number of carbonyl (C=O) groups is 2. The maximum Gasteiger partial charge on any atom is 0.356 e. The van der Waals surface area contributed by atoms with Crippen molar-refractivity contribution in [2.75, 3.05) is 31.5 Å². The topological polar surface area (TPSA) is 94.5 Å². The van der Waals surface area contributed by atoms with Crippen LogP contribution in [0.5, 0.6) is 0 Å². The maximum atomic E-state index is 13.1. The van der Waals surface area contributed by atoms with Crippen LogP contribution in [-0.4, -0.2) is 48.3 Å². The second-order valence-electron chi connectivity index (χ2n) is 9.84. The smallest absolute Gasteiger partial charge is 0.356 e. The van der Waals surface area contributed by atoms with Crippen molar-refractivity contribution >= 4 is 34.3 Å². The molecule has 0 fully saturated rings. The number of anilines is 2. The molecule has 2 heterocycles.